The van der Waals surface area contributed by atoms with Gasteiger partial charge in [0.2, 0.25) is 0 Å². The van der Waals surface area contributed by atoms with Crippen LogP contribution in [0.2, 0.25) is 0 Å². The number of hydrogen-bond acceptors (Lipinski definition) is 0. The van der Waals surface area contributed by atoms with E-state index in [2.05, 4.69) is 110 Å². The molecule has 0 nitrogen and oxygen atoms in total. The minimum Gasteiger partial charge on any atom is -0.0654 e. The van der Waals surface area contributed by atoms with Crippen LogP contribution in [0, 0.1) is 0 Å². The summed E-state index contributed by atoms with van der Waals surface area (Å²) in [5.41, 5.74) is 9.94. The molecular weight excluding hydrogens is 408 g/mol. The third kappa shape index (κ3) is 3.64. The van der Waals surface area contributed by atoms with Gasteiger partial charge in [-0.3, -0.25) is 0 Å². The first-order chi connectivity index (χ1) is 16.8. The third-order valence-corrected chi connectivity index (χ3v) is 7.37. The molecule has 1 aliphatic carbocycles. The van der Waals surface area contributed by atoms with Crippen molar-refractivity contribution in [2.45, 2.75) is 39.0 Å². The molecule has 0 bridgehead atoms. The number of benzene rings is 5. The Morgan fingerprint density at radius 3 is 1.82 bits per heavy atom. The molecule has 5 aromatic rings. The highest BCUT2D eigenvalue weighted by molar-refractivity contribution is 6.02. The molecular formula is C34H30. The first kappa shape index (κ1) is 20.9. The first-order valence-electron chi connectivity index (χ1n) is 12.6. The summed E-state index contributed by atoms with van der Waals surface area (Å²) in [4.78, 5) is 0. The van der Waals surface area contributed by atoms with E-state index in [9.17, 15) is 0 Å². The predicted molar refractivity (Wildman–Crippen MR) is 148 cm³/mol. The van der Waals surface area contributed by atoms with Crippen molar-refractivity contribution >= 4 is 27.6 Å². The van der Waals surface area contributed by atoms with Crippen molar-refractivity contribution in [2.75, 3.05) is 0 Å². The van der Waals surface area contributed by atoms with Crippen LogP contribution in [-0.4, -0.2) is 0 Å². The molecule has 166 valence electrons. The predicted octanol–water partition coefficient (Wildman–Crippen LogP) is 9.85. The summed E-state index contributed by atoms with van der Waals surface area (Å²) in [6, 6.07) is 35.7. The lowest BCUT2D eigenvalue weighted by atomic mass is 9.87. The number of unbranched alkanes of at least 4 members (excludes halogenated alkanes) is 2. The fraction of sp³-hybridized carbons (Fsp3) is 0.176. The molecule has 5 aromatic carbocycles. The van der Waals surface area contributed by atoms with Crippen molar-refractivity contribution in [1.82, 2.24) is 0 Å². The van der Waals surface area contributed by atoms with E-state index >= 15 is 0 Å². The summed E-state index contributed by atoms with van der Waals surface area (Å²) < 4.78 is 0. The highest BCUT2D eigenvalue weighted by Gasteiger charge is 2.22. The molecule has 0 heterocycles. The Labute approximate surface area is 202 Å². The Hall–Kier alpha value is -3.64. The van der Waals surface area contributed by atoms with Crippen LogP contribution in [0.5, 0.6) is 0 Å². The molecule has 0 fully saturated rings. The van der Waals surface area contributed by atoms with Crippen molar-refractivity contribution in [3.8, 4) is 22.3 Å². The van der Waals surface area contributed by atoms with Crippen molar-refractivity contribution in [2.24, 2.45) is 0 Å². The fourth-order valence-electron chi connectivity index (χ4n) is 5.67. The van der Waals surface area contributed by atoms with E-state index in [1.807, 2.05) is 0 Å². The van der Waals surface area contributed by atoms with Gasteiger partial charge in [-0.25, -0.2) is 0 Å². The molecule has 0 N–H and O–H groups in total. The molecule has 0 aromatic heterocycles. The van der Waals surface area contributed by atoms with E-state index in [0.717, 1.165) is 6.42 Å². The van der Waals surface area contributed by atoms with Crippen LogP contribution < -0.4 is 0 Å². The lowest BCUT2D eigenvalue weighted by Gasteiger charge is -2.16. The zero-order chi connectivity index (χ0) is 22.9. The fourth-order valence-corrected chi connectivity index (χ4v) is 5.67. The molecule has 0 amide bonds. The average molecular weight is 439 g/mol. The van der Waals surface area contributed by atoms with Crippen LogP contribution in [0.25, 0.3) is 49.9 Å². The van der Waals surface area contributed by atoms with Crippen LogP contribution in [0.3, 0.4) is 0 Å². The summed E-state index contributed by atoms with van der Waals surface area (Å²) in [6.07, 6.45) is 8.63. The van der Waals surface area contributed by atoms with E-state index in [-0.39, 0.29) is 0 Å². The van der Waals surface area contributed by atoms with Gasteiger partial charge in [-0.1, -0.05) is 128 Å². The second kappa shape index (κ2) is 8.95. The number of hydrogen-bond donors (Lipinski definition) is 0. The van der Waals surface area contributed by atoms with E-state index in [4.69, 9.17) is 0 Å². The first-order valence-corrected chi connectivity index (χ1v) is 12.6. The highest BCUT2D eigenvalue weighted by atomic mass is 14.3. The third-order valence-electron chi connectivity index (χ3n) is 7.37. The number of rotatable bonds is 6. The van der Waals surface area contributed by atoms with Gasteiger partial charge in [-0.15, -0.1) is 0 Å². The summed E-state index contributed by atoms with van der Waals surface area (Å²) in [7, 11) is 0. The van der Waals surface area contributed by atoms with Crippen LogP contribution in [-0.2, 0) is 6.42 Å². The Balaban J connectivity index is 1.55. The smallest absolute Gasteiger partial charge is 0.00514 e. The van der Waals surface area contributed by atoms with Gasteiger partial charge in [-0.2, -0.15) is 0 Å². The molecule has 1 aliphatic rings. The largest absolute Gasteiger partial charge is 0.0654 e. The van der Waals surface area contributed by atoms with Crippen molar-refractivity contribution in [1.29, 1.82) is 0 Å². The van der Waals surface area contributed by atoms with Gasteiger partial charge in [0.05, 0.1) is 0 Å². The molecule has 0 spiro atoms. The monoisotopic (exact) mass is 438 g/mol. The second-order valence-corrected chi connectivity index (χ2v) is 9.54. The lowest BCUT2D eigenvalue weighted by molar-refractivity contribution is 0.709. The van der Waals surface area contributed by atoms with Gasteiger partial charge < -0.3 is 0 Å². The Bertz CT molecular complexity index is 1520. The average Bonchev–Trinajstić information content (AvgIpc) is 3.32. The van der Waals surface area contributed by atoms with Crippen LogP contribution in [0.1, 0.15) is 43.7 Å². The molecule has 0 unspecified atom stereocenters. The van der Waals surface area contributed by atoms with E-state index in [0.29, 0.717) is 0 Å². The standard InChI is InChI=1S/C34H30/c1-2-3-4-11-24-22-33-31(29-18-9-14-25-12-5-7-16-27(25)29)20-21-32(34(33)23-24)30-19-10-15-26-13-6-8-17-28(26)30/h5-10,12-22H,2-4,11,23H2,1H3. The topological polar surface area (TPSA) is 0 Å². The SMILES string of the molecule is CCCCCC1=Cc2c(-c3cccc4ccccc34)ccc(-c3cccc4ccccc34)c2C1. The molecule has 6 rings (SSSR count). The molecule has 0 heteroatoms. The molecule has 0 radical (unpaired) electrons. The summed E-state index contributed by atoms with van der Waals surface area (Å²) in [5, 5.41) is 5.28. The quantitative estimate of drug-likeness (QED) is 0.231. The Morgan fingerprint density at radius 1 is 0.559 bits per heavy atom. The zero-order valence-electron chi connectivity index (χ0n) is 19.9. The maximum atomic E-state index is 2.51. The van der Waals surface area contributed by atoms with E-state index in [1.54, 1.807) is 5.57 Å². The molecule has 0 aliphatic heterocycles. The van der Waals surface area contributed by atoms with Gasteiger partial charge in [0.25, 0.3) is 0 Å². The highest BCUT2D eigenvalue weighted by Crippen LogP contribution is 2.43. The minimum absolute atomic E-state index is 1.07. The van der Waals surface area contributed by atoms with Crippen molar-refractivity contribution < 1.29 is 0 Å². The Kier molecular flexibility index (Phi) is 5.51. The van der Waals surface area contributed by atoms with Crippen LogP contribution in [0.15, 0.2) is 103 Å². The number of allylic oxidation sites excluding steroid dienone is 1. The van der Waals surface area contributed by atoms with Crippen LogP contribution >= 0.6 is 0 Å². The molecule has 0 saturated heterocycles. The van der Waals surface area contributed by atoms with Gasteiger partial charge in [0.1, 0.15) is 0 Å². The lowest BCUT2D eigenvalue weighted by Crippen LogP contribution is -1.95. The van der Waals surface area contributed by atoms with Crippen LogP contribution in [0.4, 0.5) is 0 Å². The molecule has 34 heavy (non-hydrogen) atoms. The van der Waals surface area contributed by atoms with Gasteiger partial charge in [0.15, 0.2) is 0 Å². The summed E-state index contributed by atoms with van der Waals surface area (Å²) >= 11 is 0. The van der Waals surface area contributed by atoms with E-state index in [1.165, 1.54) is 80.6 Å². The number of fused-ring (bicyclic) bond motifs is 3. The summed E-state index contributed by atoms with van der Waals surface area (Å²) in [6.45, 7) is 2.29. The Morgan fingerprint density at radius 2 is 1.15 bits per heavy atom. The minimum atomic E-state index is 1.07. The van der Waals surface area contributed by atoms with Crippen molar-refractivity contribution in [3.05, 3.63) is 114 Å². The maximum absolute atomic E-state index is 2.51. The normalized spacial score (nSPS) is 12.8. The molecule has 0 atom stereocenters. The van der Waals surface area contributed by atoms with E-state index < -0.39 is 0 Å². The second-order valence-electron chi connectivity index (χ2n) is 9.54. The van der Waals surface area contributed by atoms with Gasteiger partial charge >= 0.3 is 0 Å². The van der Waals surface area contributed by atoms with Gasteiger partial charge in [0, 0.05) is 0 Å². The zero-order valence-corrected chi connectivity index (χ0v) is 19.9. The summed E-state index contributed by atoms with van der Waals surface area (Å²) in [5.74, 6) is 0. The van der Waals surface area contributed by atoms with Crippen molar-refractivity contribution in [3.63, 3.8) is 0 Å². The maximum Gasteiger partial charge on any atom is -0.00514 e. The van der Waals surface area contributed by atoms with Gasteiger partial charge in [-0.05, 0) is 74.2 Å². The molecule has 0 saturated carbocycles.